The van der Waals surface area contributed by atoms with Crippen LogP contribution in [0.4, 0.5) is 4.79 Å². The molecule has 1 aliphatic heterocycles. The number of amides is 1. The SMILES string of the molecule is CCCC(NC(=O)OCC)=C(C[Si](OCC)(OCC)OCC)C(=O)OCC1CO1. The molecule has 0 aromatic heterocycles. The van der Waals surface area contributed by atoms with Crippen molar-refractivity contribution in [3.63, 3.8) is 0 Å². The Morgan fingerprint density at radius 2 is 1.55 bits per heavy atom. The van der Waals surface area contributed by atoms with Gasteiger partial charge in [-0.3, -0.25) is 5.32 Å². The van der Waals surface area contributed by atoms with E-state index in [-0.39, 0.29) is 30.9 Å². The van der Waals surface area contributed by atoms with Crippen molar-refractivity contribution in [2.24, 2.45) is 0 Å². The third kappa shape index (κ3) is 9.26. The number of allylic oxidation sites excluding steroid dienone is 1. The van der Waals surface area contributed by atoms with Gasteiger partial charge in [-0.2, -0.15) is 0 Å². The van der Waals surface area contributed by atoms with Crippen molar-refractivity contribution < 1.29 is 37.1 Å². The zero-order valence-corrected chi connectivity index (χ0v) is 19.2. The second-order valence-corrected chi connectivity index (χ2v) is 8.85. The predicted molar refractivity (Wildman–Crippen MR) is 108 cm³/mol. The normalized spacial score (nSPS) is 16.8. The Balaban J connectivity index is 3.24. The molecule has 0 radical (unpaired) electrons. The molecule has 0 aromatic carbocycles. The lowest BCUT2D eigenvalue weighted by molar-refractivity contribution is -0.139. The highest BCUT2D eigenvalue weighted by Gasteiger charge is 2.44. The standard InChI is InChI=1S/C19H35NO8Si/c1-6-11-17(20-19(22)23-7-2)16(18(21)25-13-15-12-24-15)14-29(26-8-3,27-9-4)28-10-5/h15H,6-14H2,1-5H3,(H,20,22). The zero-order chi connectivity index (χ0) is 21.7. The van der Waals surface area contributed by atoms with Crippen LogP contribution in [0.25, 0.3) is 0 Å². The highest BCUT2D eigenvalue weighted by molar-refractivity contribution is 6.62. The summed E-state index contributed by atoms with van der Waals surface area (Å²) in [6.45, 7) is 11.3. The topological polar surface area (TPSA) is 105 Å². The summed E-state index contributed by atoms with van der Waals surface area (Å²) in [6.07, 6.45) is 0.471. The van der Waals surface area contributed by atoms with E-state index >= 15 is 0 Å². The first-order valence-corrected chi connectivity index (χ1v) is 12.2. The lowest BCUT2D eigenvalue weighted by Gasteiger charge is -2.29. The molecule has 1 heterocycles. The molecule has 0 aromatic rings. The molecule has 0 saturated carbocycles. The molecule has 1 N–H and O–H groups in total. The van der Waals surface area contributed by atoms with Crippen LogP contribution in [0.2, 0.25) is 6.04 Å². The van der Waals surface area contributed by atoms with Gasteiger partial charge in [-0.1, -0.05) is 13.3 Å². The summed E-state index contributed by atoms with van der Waals surface area (Å²) in [4.78, 5) is 25.0. The molecule has 1 aliphatic rings. The van der Waals surface area contributed by atoms with Gasteiger partial charge in [0, 0.05) is 25.5 Å². The molecule has 9 nitrogen and oxygen atoms in total. The maximum absolute atomic E-state index is 12.9. The number of carbonyl (C=O) groups is 2. The molecular formula is C19H35NO8Si. The number of alkyl carbamates (subject to hydrolysis) is 1. The van der Waals surface area contributed by atoms with Crippen molar-refractivity contribution in [1.82, 2.24) is 5.32 Å². The van der Waals surface area contributed by atoms with Crippen LogP contribution >= 0.6 is 0 Å². The van der Waals surface area contributed by atoms with Gasteiger partial charge in [0.15, 0.2) is 0 Å². The molecule has 10 heteroatoms. The predicted octanol–water partition coefficient (Wildman–Crippen LogP) is 2.78. The summed E-state index contributed by atoms with van der Waals surface area (Å²) < 4.78 is 33.2. The summed E-state index contributed by atoms with van der Waals surface area (Å²) in [5.41, 5.74) is 0.714. The second-order valence-electron chi connectivity index (χ2n) is 6.27. The van der Waals surface area contributed by atoms with Gasteiger partial charge in [0.1, 0.15) is 12.7 Å². The minimum Gasteiger partial charge on any atom is -0.459 e. The molecule has 168 valence electrons. The van der Waals surface area contributed by atoms with Gasteiger partial charge in [0.2, 0.25) is 0 Å². The number of hydrogen-bond donors (Lipinski definition) is 1. The van der Waals surface area contributed by atoms with Crippen LogP contribution in [-0.4, -0.2) is 66.6 Å². The van der Waals surface area contributed by atoms with Gasteiger partial charge in [-0.05, 0) is 34.1 Å². The van der Waals surface area contributed by atoms with Crippen LogP contribution in [0.15, 0.2) is 11.3 Å². The van der Waals surface area contributed by atoms with Crippen LogP contribution in [0.1, 0.15) is 47.5 Å². The van der Waals surface area contributed by atoms with Crippen molar-refractivity contribution in [1.29, 1.82) is 0 Å². The first kappa shape index (κ1) is 25.6. The molecule has 0 aliphatic carbocycles. The lowest BCUT2D eigenvalue weighted by atomic mass is 10.1. The molecule has 1 fully saturated rings. The van der Waals surface area contributed by atoms with Gasteiger partial charge in [0.25, 0.3) is 0 Å². The van der Waals surface area contributed by atoms with E-state index < -0.39 is 20.9 Å². The fraction of sp³-hybridized carbons (Fsp3) is 0.789. The summed E-state index contributed by atoms with van der Waals surface area (Å²) in [6, 6.07) is 0.0919. The van der Waals surface area contributed by atoms with Crippen LogP contribution in [0.5, 0.6) is 0 Å². The van der Waals surface area contributed by atoms with E-state index in [1.807, 2.05) is 27.7 Å². The molecule has 1 saturated heterocycles. The highest BCUT2D eigenvalue weighted by Crippen LogP contribution is 2.26. The largest absolute Gasteiger partial charge is 0.505 e. The summed E-state index contributed by atoms with van der Waals surface area (Å²) in [5, 5.41) is 2.69. The molecular weight excluding hydrogens is 398 g/mol. The molecule has 0 bridgehead atoms. The Morgan fingerprint density at radius 3 is 2.00 bits per heavy atom. The fourth-order valence-corrected chi connectivity index (χ4v) is 5.37. The molecule has 1 atom stereocenters. The molecule has 29 heavy (non-hydrogen) atoms. The molecule has 0 spiro atoms. The average molecular weight is 434 g/mol. The Kier molecular flexibility index (Phi) is 12.1. The van der Waals surface area contributed by atoms with Gasteiger partial charge >= 0.3 is 20.9 Å². The first-order valence-electron chi connectivity index (χ1n) is 10.3. The van der Waals surface area contributed by atoms with Crippen LogP contribution in [-0.2, 0) is 32.3 Å². The van der Waals surface area contributed by atoms with Crippen molar-refractivity contribution in [3.05, 3.63) is 11.3 Å². The first-order chi connectivity index (χ1) is 13.9. The van der Waals surface area contributed by atoms with E-state index in [2.05, 4.69) is 5.32 Å². The summed E-state index contributed by atoms with van der Waals surface area (Å²) in [5.74, 6) is -0.545. The maximum Gasteiger partial charge on any atom is 0.505 e. The monoisotopic (exact) mass is 433 g/mol. The van der Waals surface area contributed by atoms with Crippen molar-refractivity contribution in [2.45, 2.75) is 59.6 Å². The Bertz CT molecular complexity index is 533. The van der Waals surface area contributed by atoms with E-state index in [1.165, 1.54) is 0 Å². The van der Waals surface area contributed by atoms with E-state index in [0.29, 0.717) is 45.0 Å². The Labute approximate surface area is 174 Å². The highest BCUT2D eigenvalue weighted by atomic mass is 28.4. The minimum absolute atomic E-state index is 0.0690. The van der Waals surface area contributed by atoms with Crippen LogP contribution in [0, 0.1) is 0 Å². The van der Waals surface area contributed by atoms with Crippen LogP contribution < -0.4 is 5.32 Å². The summed E-state index contributed by atoms with van der Waals surface area (Å²) >= 11 is 0. The van der Waals surface area contributed by atoms with E-state index in [9.17, 15) is 9.59 Å². The minimum atomic E-state index is -3.21. The fourth-order valence-electron chi connectivity index (χ4n) is 2.71. The molecule has 1 unspecified atom stereocenters. The third-order valence-corrected chi connectivity index (χ3v) is 6.90. The van der Waals surface area contributed by atoms with Gasteiger partial charge < -0.3 is 27.5 Å². The lowest BCUT2D eigenvalue weighted by Crippen LogP contribution is -2.47. The number of hydrogen-bond acceptors (Lipinski definition) is 8. The van der Waals surface area contributed by atoms with Crippen molar-refractivity contribution in [3.8, 4) is 0 Å². The van der Waals surface area contributed by atoms with Gasteiger partial charge in [0.05, 0.1) is 24.8 Å². The summed E-state index contributed by atoms with van der Waals surface area (Å²) in [7, 11) is -3.21. The van der Waals surface area contributed by atoms with Crippen LogP contribution in [0.3, 0.4) is 0 Å². The maximum atomic E-state index is 12.9. The quantitative estimate of drug-likeness (QED) is 0.182. The number of esters is 1. The van der Waals surface area contributed by atoms with Gasteiger partial charge in [-0.15, -0.1) is 0 Å². The average Bonchev–Trinajstić information content (AvgIpc) is 3.49. The zero-order valence-electron chi connectivity index (χ0n) is 18.2. The van der Waals surface area contributed by atoms with E-state index in [4.69, 9.17) is 27.5 Å². The third-order valence-electron chi connectivity index (χ3n) is 3.93. The van der Waals surface area contributed by atoms with Crippen molar-refractivity contribution in [2.75, 3.05) is 39.6 Å². The Morgan fingerprint density at radius 1 is 0.966 bits per heavy atom. The molecule has 1 amide bonds. The van der Waals surface area contributed by atoms with Crippen molar-refractivity contribution >= 4 is 20.9 Å². The number of epoxide rings is 1. The Hall–Kier alpha value is -1.46. The number of carbonyl (C=O) groups excluding carboxylic acids is 2. The number of rotatable bonds is 15. The smallest absolute Gasteiger partial charge is 0.459 e. The van der Waals surface area contributed by atoms with E-state index in [1.54, 1.807) is 6.92 Å². The number of ether oxygens (including phenoxy) is 3. The number of nitrogens with one attached hydrogen (secondary N) is 1. The van der Waals surface area contributed by atoms with Gasteiger partial charge in [-0.25, -0.2) is 9.59 Å². The second kappa shape index (κ2) is 13.7. The van der Waals surface area contributed by atoms with E-state index in [0.717, 1.165) is 0 Å². The molecule has 1 rings (SSSR count).